The average molecular weight is 334 g/mol. The highest BCUT2D eigenvalue weighted by Gasteiger charge is 2.21. The van der Waals surface area contributed by atoms with Crippen LogP contribution < -0.4 is 0 Å². The fourth-order valence-corrected chi connectivity index (χ4v) is 3.35. The number of pyridine rings is 1. The normalized spacial score (nSPS) is 15.7. The minimum absolute atomic E-state index is 0.0905. The molecular formula is C20H22N4O. The van der Waals surface area contributed by atoms with Crippen LogP contribution >= 0.6 is 0 Å². The summed E-state index contributed by atoms with van der Waals surface area (Å²) in [6, 6.07) is 10.0. The molecule has 0 bridgehead atoms. The van der Waals surface area contributed by atoms with E-state index in [-0.39, 0.29) is 5.91 Å². The average Bonchev–Trinajstić information content (AvgIpc) is 3.05. The van der Waals surface area contributed by atoms with E-state index in [9.17, 15) is 4.79 Å². The van der Waals surface area contributed by atoms with E-state index in [1.807, 2.05) is 23.2 Å². The lowest BCUT2D eigenvalue weighted by Gasteiger charge is -2.32. The molecule has 1 N–H and O–H groups in total. The summed E-state index contributed by atoms with van der Waals surface area (Å²) < 4.78 is 0. The van der Waals surface area contributed by atoms with Crippen molar-refractivity contribution in [2.45, 2.75) is 6.92 Å². The van der Waals surface area contributed by atoms with Crippen LogP contribution in [0.5, 0.6) is 0 Å². The molecule has 0 saturated carbocycles. The van der Waals surface area contributed by atoms with Crippen molar-refractivity contribution in [1.82, 2.24) is 19.8 Å². The van der Waals surface area contributed by atoms with Crippen LogP contribution in [0.2, 0.25) is 0 Å². The van der Waals surface area contributed by atoms with Crippen LogP contribution in [-0.2, 0) is 0 Å². The van der Waals surface area contributed by atoms with Crippen molar-refractivity contribution in [2.75, 3.05) is 33.2 Å². The number of carbonyl (C=O) groups excluding carboxylic acids is 1. The Balaban J connectivity index is 1.67. The van der Waals surface area contributed by atoms with Gasteiger partial charge >= 0.3 is 0 Å². The molecule has 1 aliphatic heterocycles. The number of amides is 1. The van der Waals surface area contributed by atoms with E-state index in [4.69, 9.17) is 0 Å². The van der Waals surface area contributed by atoms with Crippen LogP contribution in [0.4, 0.5) is 0 Å². The van der Waals surface area contributed by atoms with Crippen LogP contribution in [-0.4, -0.2) is 58.9 Å². The van der Waals surface area contributed by atoms with Gasteiger partial charge in [0.05, 0.1) is 5.69 Å². The number of rotatable bonds is 2. The Bertz CT molecular complexity index is 922. The summed E-state index contributed by atoms with van der Waals surface area (Å²) in [5.41, 5.74) is 4.86. The van der Waals surface area contributed by atoms with Crippen molar-refractivity contribution in [1.29, 1.82) is 0 Å². The van der Waals surface area contributed by atoms with Crippen LogP contribution in [0.15, 0.2) is 42.7 Å². The van der Waals surface area contributed by atoms with E-state index in [0.717, 1.165) is 48.3 Å². The highest BCUT2D eigenvalue weighted by Crippen LogP contribution is 2.28. The van der Waals surface area contributed by atoms with Gasteiger partial charge in [0.1, 0.15) is 0 Å². The van der Waals surface area contributed by atoms with Crippen molar-refractivity contribution in [2.24, 2.45) is 0 Å². The maximum atomic E-state index is 12.8. The van der Waals surface area contributed by atoms with Gasteiger partial charge in [-0.1, -0.05) is 11.6 Å². The molecule has 3 heterocycles. The highest BCUT2D eigenvalue weighted by molar-refractivity contribution is 5.98. The Morgan fingerprint density at radius 1 is 1.12 bits per heavy atom. The summed E-state index contributed by atoms with van der Waals surface area (Å²) in [5, 5.41) is 1.14. The number of nitrogens with zero attached hydrogens (tertiary/aromatic N) is 3. The van der Waals surface area contributed by atoms with Gasteiger partial charge in [-0.15, -0.1) is 0 Å². The molecule has 5 nitrogen and oxygen atoms in total. The second-order valence-corrected chi connectivity index (χ2v) is 6.78. The van der Waals surface area contributed by atoms with Gasteiger partial charge in [0.2, 0.25) is 0 Å². The summed E-state index contributed by atoms with van der Waals surface area (Å²) >= 11 is 0. The molecule has 0 unspecified atom stereocenters. The fraction of sp³-hybridized carbons (Fsp3) is 0.300. The van der Waals surface area contributed by atoms with E-state index in [1.54, 1.807) is 6.20 Å². The molecule has 25 heavy (non-hydrogen) atoms. The van der Waals surface area contributed by atoms with E-state index >= 15 is 0 Å². The predicted molar refractivity (Wildman–Crippen MR) is 99.7 cm³/mol. The first-order chi connectivity index (χ1) is 12.1. The third-order valence-corrected chi connectivity index (χ3v) is 4.91. The molecule has 1 saturated heterocycles. The molecule has 2 aromatic heterocycles. The van der Waals surface area contributed by atoms with Crippen molar-refractivity contribution in [3.05, 3.63) is 53.9 Å². The Morgan fingerprint density at radius 3 is 2.72 bits per heavy atom. The largest absolute Gasteiger partial charge is 0.360 e. The molecule has 1 fully saturated rings. The first kappa shape index (κ1) is 15.8. The minimum Gasteiger partial charge on any atom is -0.360 e. The van der Waals surface area contributed by atoms with Gasteiger partial charge in [0.15, 0.2) is 0 Å². The topological polar surface area (TPSA) is 52.2 Å². The number of likely N-dealkylation sites (N-methyl/N-ethyl adjacent to an activating group) is 1. The molecule has 128 valence electrons. The van der Waals surface area contributed by atoms with Crippen LogP contribution in [0.3, 0.4) is 0 Å². The van der Waals surface area contributed by atoms with Crippen molar-refractivity contribution >= 4 is 16.8 Å². The maximum absolute atomic E-state index is 12.8. The molecule has 0 spiro atoms. The number of hydrogen-bond donors (Lipinski definition) is 1. The molecule has 0 radical (unpaired) electrons. The molecule has 1 amide bonds. The summed E-state index contributed by atoms with van der Waals surface area (Å²) in [6.45, 7) is 5.48. The first-order valence-electron chi connectivity index (χ1n) is 8.64. The van der Waals surface area contributed by atoms with Gasteiger partial charge in [0.25, 0.3) is 5.91 Å². The Hall–Kier alpha value is -2.66. The second kappa shape index (κ2) is 6.33. The molecular weight excluding hydrogens is 312 g/mol. The van der Waals surface area contributed by atoms with Crippen LogP contribution in [0, 0.1) is 6.92 Å². The summed E-state index contributed by atoms with van der Waals surface area (Å²) in [6.07, 6.45) is 3.70. The number of aromatic nitrogens is 2. The van der Waals surface area contributed by atoms with Crippen molar-refractivity contribution in [3.63, 3.8) is 0 Å². The molecule has 0 aliphatic carbocycles. The lowest BCUT2D eigenvalue weighted by atomic mass is 10.1. The second-order valence-electron chi connectivity index (χ2n) is 6.78. The zero-order chi connectivity index (χ0) is 17.4. The van der Waals surface area contributed by atoms with E-state index in [0.29, 0.717) is 5.56 Å². The molecule has 3 aromatic rings. The standard InChI is InChI=1S/C20H22N4O/c1-14-3-4-18-16(11-14)17(13-22-18)19-12-15(5-6-21-19)20(25)24-9-7-23(2)8-10-24/h3-6,11-13,22H,7-10H2,1-2H3. The number of piperazine rings is 1. The highest BCUT2D eigenvalue weighted by atomic mass is 16.2. The first-order valence-corrected chi connectivity index (χ1v) is 8.64. The number of aromatic amines is 1. The monoisotopic (exact) mass is 334 g/mol. The van der Waals surface area contributed by atoms with Gasteiger partial charge in [-0.25, -0.2) is 0 Å². The van der Waals surface area contributed by atoms with Crippen LogP contribution in [0.25, 0.3) is 22.2 Å². The SMILES string of the molecule is Cc1ccc2[nH]cc(-c3cc(C(=O)N4CCN(C)CC4)ccn3)c2c1. The number of fused-ring (bicyclic) bond motifs is 1. The molecule has 0 atom stereocenters. The predicted octanol–water partition coefficient (Wildman–Crippen LogP) is 2.93. The van der Waals surface area contributed by atoms with Crippen LogP contribution in [0.1, 0.15) is 15.9 Å². The quantitative estimate of drug-likeness (QED) is 0.784. The number of H-pyrrole nitrogens is 1. The molecule has 1 aromatic carbocycles. The third kappa shape index (κ3) is 3.03. The maximum Gasteiger partial charge on any atom is 0.254 e. The lowest BCUT2D eigenvalue weighted by Crippen LogP contribution is -2.47. The van der Waals surface area contributed by atoms with Gasteiger partial charge in [0, 0.05) is 60.6 Å². The molecule has 4 rings (SSSR count). The lowest BCUT2D eigenvalue weighted by molar-refractivity contribution is 0.0664. The van der Waals surface area contributed by atoms with E-state index in [1.165, 1.54) is 5.56 Å². The van der Waals surface area contributed by atoms with Gasteiger partial charge < -0.3 is 14.8 Å². The zero-order valence-electron chi connectivity index (χ0n) is 14.6. The molecule has 5 heteroatoms. The van der Waals surface area contributed by atoms with Gasteiger partial charge in [-0.3, -0.25) is 9.78 Å². The van der Waals surface area contributed by atoms with Gasteiger partial charge in [-0.05, 0) is 38.2 Å². The summed E-state index contributed by atoms with van der Waals surface area (Å²) in [4.78, 5) is 24.8. The molecule has 1 aliphatic rings. The van der Waals surface area contributed by atoms with E-state index in [2.05, 4.69) is 47.0 Å². The minimum atomic E-state index is 0.0905. The smallest absolute Gasteiger partial charge is 0.254 e. The number of aryl methyl sites for hydroxylation is 1. The number of nitrogens with one attached hydrogen (secondary N) is 1. The third-order valence-electron chi connectivity index (χ3n) is 4.91. The van der Waals surface area contributed by atoms with Gasteiger partial charge in [-0.2, -0.15) is 0 Å². The van der Waals surface area contributed by atoms with Crippen molar-refractivity contribution in [3.8, 4) is 11.3 Å². The summed E-state index contributed by atoms with van der Waals surface area (Å²) in [7, 11) is 2.09. The summed E-state index contributed by atoms with van der Waals surface area (Å²) in [5.74, 6) is 0.0905. The Kier molecular flexibility index (Phi) is 4.01. The van der Waals surface area contributed by atoms with Crippen molar-refractivity contribution < 1.29 is 4.79 Å². The zero-order valence-corrected chi connectivity index (χ0v) is 14.6. The Labute approximate surface area is 147 Å². The Morgan fingerprint density at radius 2 is 1.92 bits per heavy atom. The fourth-order valence-electron chi connectivity index (χ4n) is 3.35. The number of hydrogen-bond acceptors (Lipinski definition) is 3. The van der Waals surface area contributed by atoms with E-state index < -0.39 is 0 Å². The number of carbonyl (C=O) groups is 1. The number of benzene rings is 1.